The van der Waals surface area contributed by atoms with Crippen molar-refractivity contribution in [2.24, 2.45) is 0 Å². The van der Waals surface area contributed by atoms with Gasteiger partial charge in [0.25, 0.3) is 0 Å². The van der Waals surface area contributed by atoms with Crippen LogP contribution in [0, 0.1) is 0 Å². The van der Waals surface area contributed by atoms with Crippen molar-refractivity contribution in [1.82, 2.24) is 9.88 Å². The van der Waals surface area contributed by atoms with Crippen molar-refractivity contribution in [3.63, 3.8) is 0 Å². The van der Waals surface area contributed by atoms with Gasteiger partial charge in [0.2, 0.25) is 5.89 Å². The lowest BCUT2D eigenvalue weighted by Crippen LogP contribution is -2.43. The van der Waals surface area contributed by atoms with Crippen LogP contribution in [0.1, 0.15) is 19.7 Å². The Hall–Kier alpha value is -1.20. The van der Waals surface area contributed by atoms with E-state index in [0.29, 0.717) is 17.0 Å². The third-order valence-electron chi connectivity index (χ3n) is 3.85. The molecule has 1 aromatic carbocycles. The fraction of sp³-hybridized carbons (Fsp3) is 0.500. The summed E-state index contributed by atoms with van der Waals surface area (Å²) in [7, 11) is 0. The van der Waals surface area contributed by atoms with Crippen LogP contribution in [-0.4, -0.2) is 33.5 Å². The Bertz CT molecular complexity index is 583. The number of oxazole rings is 1. The normalized spacial score (nSPS) is 24.9. The molecule has 2 atom stereocenters. The predicted octanol–water partition coefficient (Wildman–Crippen LogP) is 2.74. The molecule has 0 bridgehead atoms. The van der Waals surface area contributed by atoms with E-state index in [1.165, 1.54) is 5.75 Å². The van der Waals surface area contributed by atoms with Crippen LogP contribution in [0.15, 0.2) is 22.6 Å². The summed E-state index contributed by atoms with van der Waals surface area (Å²) in [4.78, 5) is 6.96. The second-order valence-electron chi connectivity index (χ2n) is 5.09. The van der Waals surface area contributed by atoms with E-state index in [1.54, 1.807) is 0 Å². The number of anilines is 1. The first-order valence-electron chi connectivity index (χ1n) is 6.64. The highest BCUT2D eigenvalue weighted by molar-refractivity contribution is 8.00. The number of nitrogens with two attached hydrogens (primary N) is 1. The molecular formula is C14H19N3OS. The van der Waals surface area contributed by atoms with Crippen molar-refractivity contribution in [2.45, 2.75) is 31.7 Å². The zero-order chi connectivity index (χ0) is 13.4. The quantitative estimate of drug-likeness (QED) is 0.855. The van der Waals surface area contributed by atoms with Crippen LogP contribution in [0.25, 0.3) is 11.1 Å². The number of aromatic nitrogens is 1. The Morgan fingerprint density at radius 2 is 2.32 bits per heavy atom. The lowest BCUT2D eigenvalue weighted by Gasteiger charge is -2.36. The minimum absolute atomic E-state index is 0.547. The number of thioether (sulfide) groups is 1. The summed E-state index contributed by atoms with van der Waals surface area (Å²) < 4.78 is 5.80. The second kappa shape index (κ2) is 5.06. The summed E-state index contributed by atoms with van der Waals surface area (Å²) in [5, 5.41) is 0.656. The van der Waals surface area contributed by atoms with Crippen LogP contribution in [-0.2, 0) is 6.54 Å². The van der Waals surface area contributed by atoms with E-state index in [4.69, 9.17) is 10.2 Å². The monoisotopic (exact) mass is 277 g/mol. The Morgan fingerprint density at radius 1 is 1.47 bits per heavy atom. The van der Waals surface area contributed by atoms with E-state index in [2.05, 4.69) is 23.7 Å². The van der Waals surface area contributed by atoms with Gasteiger partial charge in [0, 0.05) is 23.6 Å². The molecule has 0 aliphatic carbocycles. The number of nitrogens with zero attached hydrogens (tertiary/aromatic N) is 2. The van der Waals surface area contributed by atoms with Gasteiger partial charge in [0.05, 0.1) is 12.2 Å². The molecule has 0 spiro atoms. The number of hydrogen-bond donors (Lipinski definition) is 1. The molecule has 1 aliphatic rings. The number of fused-ring (bicyclic) bond motifs is 1. The highest BCUT2D eigenvalue weighted by Crippen LogP contribution is 2.27. The number of hydrogen-bond acceptors (Lipinski definition) is 5. The molecule has 1 aromatic heterocycles. The molecule has 1 saturated heterocycles. The maximum Gasteiger partial charge on any atom is 0.209 e. The zero-order valence-electron chi connectivity index (χ0n) is 11.3. The molecule has 5 heteroatoms. The summed E-state index contributed by atoms with van der Waals surface area (Å²) in [6.45, 7) is 6.41. The van der Waals surface area contributed by atoms with Crippen molar-refractivity contribution in [2.75, 3.05) is 18.0 Å². The smallest absolute Gasteiger partial charge is 0.209 e. The highest BCUT2D eigenvalue weighted by atomic mass is 32.2. The third-order valence-corrected chi connectivity index (χ3v) is 5.19. The average molecular weight is 277 g/mol. The molecule has 3 rings (SSSR count). The van der Waals surface area contributed by atoms with Gasteiger partial charge in [-0.1, -0.05) is 13.0 Å². The van der Waals surface area contributed by atoms with Crippen molar-refractivity contribution >= 4 is 28.5 Å². The van der Waals surface area contributed by atoms with Crippen LogP contribution in [0.2, 0.25) is 0 Å². The molecule has 102 valence electrons. The minimum Gasteiger partial charge on any atom is -0.439 e. The standard InChI is InChI=1S/C14H19N3OS/c1-9-10(2)19-7-6-17(9)8-13-16-14-11(15)4-3-5-12(14)18-13/h3-5,9-10H,6-8,15H2,1-2H3. The lowest BCUT2D eigenvalue weighted by molar-refractivity contribution is 0.187. The van der Waals surface area contributed by atoms with E-state index < -0.39 is 0 Å². The number of nitrogen functional groups attached to an aromatic ring is 1. The molecule has 1 fully saturated rings. The van der Waals surface area contributed by atoms with Crippen LogP contribution < -0.4 is 5.73 Å². The summed E-state index contributed by atoms with van der Waals surface area (Å²) in [5.41, 5.74) is 8.16. The molecule has 1 aliphatic heterocycles. The second-order valence-corrected chi connectivity index (χ2v) is 6.57. The summed E-state index contributed by atoms with van der Waals surface area (Å²) in [6.07, 6.45) is 0. The SMILES string of the molecule is CC1SCCN(Cc2nc3c(N)cccc3o2)C1C. The molecule has 0 radical (unpaired) electrons. The van der Waals surface area contributed by atoms with Gasteiger partial charge in [-0.25, -0.2) is 4.98 Å². The molecule has 0 amide bonds. The summed E-state index contributed by atoms with van der Waals surface area (Å²) >= 11 is 2.04. The van der Waals surface area contributed by atoms with Crippen LogP contribution in [0.3, 0.4) is 0 Å². The van der Waals surface area contributed by atoms with Crippen molar-refractivity contribution in [3.05, 3.63) is 24.1 Å². The predicted molar refractivity (Wildman–Crippen MR) is 80.2 cm³/mol. The Morgan fingerprint density at radius 3 is 3.11 bits per heavy atom. The molecule has 2 N–H and O–H groups in total. The molecular weight excluding hydrogens is 258 g/mol. The fourth-order valence-electron chi connectivity index (χ4n) is 2.48. The molecule has 2 aromatic rings. The van der Waals surface area contributed by atoms with Gasteiger partial charge >= 0.3 is 0 Å². The minimum atomic E-state index is 0.547. The highest BCUT2D eigenvalue weighted by Gasteiger charge is 2.26. The van der Waals surface area contributed by atoms with Crippen LogP contribution >= 0.6 is 11.8 Å². The summed E-state index contributed by atoms with van der Waals surface area (Å²) in [5.74, 6) is 1.94. The molecule has 0 saturated carbocycles. The molecule has 2 heterocycles. The van der Waals surface area contributed by atoms with Gasteiger partial charge in [0.1, 0.15) is 5.52 Å². The van der Waals surface area contributed by atoms with E-state index in [9.17, 15) is 0 Å². The van der Waals surface area contributed by atoms with Gasteiger partial charge in [-0.2, -0.15) is 11.8 Å². The number of para-hydroxylation sites is 1. The first-order chi connectivity index (χ1) is 9.15. The topological polar surface area (TPSA) is 55.3 Å². The van der Waals surface area contributed by atoms with E-state index in [0.717, 1.165) is 30.1 Å². The van der Waals surface area contributed by atoms with E-state index in [1.807, 2.05) is 30.0 Å². The van der Waals surface area contributed by atoms with Gasteiger partial charge in [-0.3, -0.25) is 4.90 Å². The average Bonchev–Trinajstić information content (AvgIpc) is 2.79. The molecule has 19 heavy (non-hydrogen) atoms. The lowest BCUT2D eigenvalue weighted by atomic mass is 10.2. The Kier molecular flexibility index (Phi) is 3.41. The molecule has 2 unspecified atom stereocenters. The third kappa shape index (κ3) is 2.44. The zero-order valence-corrected chi connectivity index (χ0v) is 12.1. The van der Waals surface area contributed by atoms with Crippen LogP contribution in [0.5, 0.6) is 0 Å². The van der Waals surface area contributed by atoms with Crippen molar-refractivity contribution in [1.29, 1.82) is 0 Å². The first kappa shape index (κ1) is 12.8. The largest absolute Gasteiger partial charge is 0.439 e. The maximum atomic E-state index is 5.91. The van der Waals surface area contributed by atoms with Crippen molar-refractivity contribution < 1.29 is 4.42 Å². The van der Waals surface area contributed by atoms with Gasteiger partial charge in [-0.05, 0) is 19.1 Å². The van der Waals surface area contributed by atoms with Crippen molar-refractivity contribution in [3.8, 4) is 0 Å². The Balaban J connectivity index is 1.83. The van der Waals surface area contributed by atoms with Gasteiger partial charge in [-0.15, -0.1) is 0 Å². The first-order valence-corrected chi connectivity index (χ1v) is 7.69. The van der Waals surface area contributed by atoms with E-state index >= 15 is 0 Å². The summed E-state index contributed by atoms with van der Waals surface area (Å²) in [6, 6.07) is 6.22. The fourth-order valence-corrected chi connectivity index (χ4v) is 3.64. The van der Waals surface area contributed by atoms with E-state index in [-0.39, 0.29) is 0 Å². The molecule has 4 nitrogen and oxygen atoms in total. The van der Waals surface area contributed by atoms with Crippen LogP contribution in [0.4, 0.5) is 5.69 Å². The number of benzene rings is 1. The Labute approximate surface area is 117 Å². The maximum absolute atomic E-state index is 5.91. The number of rotatable bonds is 2. The van der Waals surface area contributed by atoms with Gasteiger partial charge < -0.3 is 10.2 Å². The van der Waals surface area contributed by atoms with Gasteiger partial charge in [0.15, 0.2) is 5.58 Å².